The Bertz CT molecular complexity index is 866. The normalized spacial score (nSPS) is 17.5. The summed E-state index contributed by atoms with van der Waals surface area (Å²) in [5, 5.41) is 0. The second-order valence-corrected chi connectivity index (χ2v) is 8.77. The fraction of sp³-hybridized carbons (Fsp3) is 0.308. The Kier molecular flexibility index (Phi) is 4.44. The highest BCUT2D eigenvalue weighted by atomic mass is 15.3. The monoisotopic (exact) mass is 355 g/mol. The van der Waals surface area contributed by atoms with Gasteiger partial charge in [-0.1, -0.05) is 106 Å². The van der Waals surface area contributed by atoms with Crippen molar-refractivity contribution in [2.45, 2.75) is 45.8 Å². The van der Waals surface area contributed by atoms with Gasteiger partial charge in [0.25, 0.3) is 0 Å². The Morgan fingerprint density at radius 3 is 1.74 bits per heavy atom. The van der Waals surface area contributed by atoms with Crippen LogP contribution in [0.1, 0.15) is 49.9 Å². The fourth-order valence-corrected chi connectivity index (χ4v) is 4.53. The molecule has 3 aromatic carbocycles. The highest BCUT2D eigenvalue weighted by Gasteiger charge is 2.50. The van der Waals surface area contributed by atoms with Gasteiger partial charge in [0.1, 0.15) is 0 Å². The quantitative estimate of drug-likeness (QED) is 0.538. The lowest BCUT2D eigenvalue weighted by Gasteiger charge is -2.47. The van der Waals surface area contributed by atoms with Crippen LogP contribution in [0.25, 0.3) is 0 Å². The molecule has 1 heteroatoms. The van der Waals surface area contributed by atoms with Crippen LogP contribution in [-0.4, -0.2) is 10.9 Å². The molecule has 0 spiro atoms. The Labute approximate surface area is 163 Å². The molecule has 27 heavy (non-hydrogen) atoms. The van der Waals surface area contributed by atoms with Crippen LogP contribution in [0.2, 0.25) is 0 Å². The second kappa shape index (κ2) is 6.65. The number of hydrogen-bond acceptors (Lipinski definition) is 1. The Hall–Kier alpha value is -2.38. The minimum absolute atomic E-state index is 0.177. The molecular formula is C26H29N. The summed E-state index contributed by atoms with van der Waals surface area (Å²) in [6.07, 6.45) is 0. The average molecular weight is 356 g/mol. The van der Waals surface area contributed by atoms with Crippen LogP contribution >= 0.6 is 0 Å². The third kappa shape index (κ3) is 2.82. The molecule has 1 aliphatic rings. The summed E-state index contributed by atoms with van der Waals surface area (Å²) in [7, 11) is 0. The lowest BCUT2D eigenvalue weighted by Crippen LogP contribution is -2.51. The van der Waals surface area contributed by atoms with Crippen molar-refractivity contribution in [3.63, 3.8) is 0 Å². The van der Waals surface area contributed by atoms with E-state index in [0.29, 0.717) is 6.04 Å². The Balaban J connectivity index is 2.06. The van der Waals surface area contributed by atoms with Crippen LogP contribution in [0.3, 0.4) is 0 Å². The Morgan fingerprint density at radius 2 is 1.22 bits per heavy atom. The van der Waals surface area contributed by atoms with Crippen molar-refractivity contribution in [2.24, 2.45) is 5.41 Å². The summed E-state index contributed by atoms with van der Waals surface area (Å²) < 4.78 is 0. The molecule has 1 atom stereocenters. The maximum absolute atomic E-state index is 2.71. The minimum Gasteiger partial charge on any atom is -0.279 e. The minimum atomic E-state index is -0.258. The van der Waals surface area contributed by atoms with Crippen molar-refractivity contribution >= 4 is 0 Å². The van der Waals surface area contributed by atoms with Gasteiger partial charge in [0.15, 0.2) is 0 Å². The number of nitrogens with zero attached hydrogens (tertiary/aromatic N) is 1. The van der Waals surface area contributed by atoms with E-state index in [9.17, 15) is 0 Å². The summed E-state index contributed by atoms with van der Waals surface area (Å²) >= 11 is 0. The highest BCUT2D eigenvalue weighted by Crippen LogP contribution is 2.51. The SMILES string of the molecule is C[C@@H](N1Cc2ccccc2C1(c1ccccc1)c1ccccc1)C(C)(C)C. The van der Waals surface area contributed by atoms with E-state index in [1.165, 1.54) is 22.3 Å². The van der Waals surface area contributed by atoms with Crippen molar-refractivity contribution in [1.29, 1.82) is 0 Å². The molecule has 0 saturated carbocycles. The predicted molar refractivity (Wildman–Crippen MR) is 114 cm³/mol. The van der Waals surface area contributed by atoms with Gasteiger partial charge in [0.05, 0.1) is 5.54 Å². The predicted octanol–water partition coefficient (Wildman–Crippen LogP) is 6.23. The van der Waals surface area contributed by atoms with Gasteiger partial charge in [-0.2, -0.15) is 0 Å². The first-order valence-corrected chi connectivity index (χ1v) is 9.92. The zero-order valence-corrected chi connectivity index (χ0v) is 16.8. The van der Waals surface area contributed by atoms with Gasteiger partial charge >= 0.3 is 0 Å². The van der Waals surface area contributed by atoms with Crippen LogP contribution in [-0.2, 0) is 12.1 Å². The third-order valence-corrected chi connectivity index (χ3v) is 6.28. The smallest absolute Gasteiger partial charge is 0.0981 e. The Morgan fingerprint density at radius 1 is 0.741 bits per heavy atom. The average Bonchev–Trinajstić information content (AvgIpc) is 3.04. The first kappa shape index (κ1) is 18.0. The first-order valence-electron chi connectivity index (χ1n) is 9.92. The molecule has 0 bridgehead atoms. The third-order valence-electron chi connectivity index (χ3n) is 6.28. The van der Waals surface area contributed by atoms with E-state index in [1.54, 1.807) is 0 Å². The molecule has 0 unspecified atom stereocenters. The number of rotatable bonds is 3. The van der Waals surface area contributed by atoms with Gasteiger partial charge in [-0.05, 0) is 34.6 Å². The van der Waals surface area contributed by atoms with Crippen molar-refractivity contribution < 1.29 is 0 Å². The van der Waals surface area contributed by atoms with Crippen molar-refractivity contribution in [1.82, 2.24) is 4.90 Å². The topological polar surface area (TPSA) is 3.24 Å². The summed E-state index contributed by atoms with van der Waals surface area (Å²) in [6, 6.07) is 31.4. The molecule has 138 valence electrons. The molecule has 3 aromatic rings. The number of fused-ring (bicyclic) bond motifs is 1. The maximum Gasteiger partial charge on any atom is 0.0981 e. The van der Waals surface area contributed by atoms with E-state index in [1.807, 2.05) is 0 Å². The zero-order valence-electron chi connectivity index (χ0n) is 16.8. The van der Waals surface area contributed by atoms with E-state index in [-0.39, 0.29) is 11.0 Å². The van der Waals surface area contributed by atoms with E-state index < -0.39 is 0 Å². The lowest BCUT2D eigenvalue weighted by molar-refractivity contribution is 0.0527. The molecule has 0 radical (unpaired) electrons. The molecular weight excluding hydrogens is 326 g/mol. The van der Waals surface area contributed by atoms with Crippen molar-refractivity contribution in [2.75, 3.05) is 0 Å². The van der Waals surface area contributed by atoms with E-state index in [2.05, 4.69) is 118 Å². The van der Waals surface area contributed by atoms with Gasteiger partial charge in [-0.25, -0.2) is 0 Å². The van der Waals surface area contributed by atoms with Gasteiger partial charge in [-0.3, -0.25) is 4.90 Å². The van der Waals surface area contributed by atoms with Crippen LogP contribution in [0.15, 0.2) is 84.9 Å². The molecule has 1 heterocycles. The van der Waals surface area contributed by atoms with Crippen LogP contribution in [0.5, 0.6) is 0 Å². The molecule has 0 fully saturated rings. The molecule has 4 rings (SSSR count). The van der Waals surface area contributed by atoms with Gasteiger partial charge in [0, 0.05) is 12.6 Å². The van der Waals surface area contributed by atoms with Crippen molar-refractivity contribution in [3.8, 4) is 0 Å². The van der Waals surface area contributed by atoms with Gasteiger partial charge < -0.3 is 0 Å². The fourth-order valence-electron chi connectivity index (χ4n) is 4.53. The van der Waals surface area contributed by atoms with Crippen LogP contribution in [0.4, 0.5) is 0 Å². The molecule has 1 nitrogen and oxygen atoms in total. The van der Waals surface area contributed by atoms with E-state index >= 15 is 0 Å². The second-order valence-electron chi connectivity index (χ2n) is 8.77. The molecule has 1 aliphatic heterocycles. The molecule has 0 aromatic heterocycles. The lowest BCUT2D eigenvalue weighted by atomic mass is 9.74. The van der Waals surface area contributed by atoms with Crippen molar-refractivity contribution in [3.05, 3.63) is 107 Å². The number of benzene rings is 3. The highest BCUT2D eigenvalue weighted by molar-refractivity contribution is 5.55. The first-order chi connectivity index (χ1) is 13.0. The summed E-state index contributed by atoms with van der Waals surface area (Å²) in [5.41, 5.74) is 5.46. The largest absolute Gasteiger partial charge is 0.279 e. The zero-order chi connectivity index (χ0) is 19.1. The van der Waals surface area contributed by atoms with E-state index in [0.717, 1.165) is 6.54 Å². The van der Waals surface area contributed by atoms with E-state index in [4.69, 9.17) is 0 Å². The summed E-state index contributed by atoms with van der Waals surface area (Å²) in [6.45, 7) is 10.4. The van der Waals surface area contributed by atoms with Crippen LogP contribution in [0, 0.1) is 5.41 Å². The molecule has 0 N–H and O–H groups in total. The molecule has 0 aliphatic carbocycles. The maximum atomic E-state index is 2.71. The molecule has 0 amide bonds. The van der Waals surface area contributed by atoms with Crippen LogP contribution < -0.4 is 0 Å². The van der Waals surface area contributed by atoms with Gasteiger partial charge in [0.2, 0.25) is 0 Å². The standard InChI is InChI=1S/C26H29N/c1-20(25(2,3)4)27-19-21-13-11-12-18-24(21)26(27,22-14-7-5-8-15-22)23-16-9-6-10-17-23/h5-18,20H,19H2,1-4H3/t20-/m1/s1. The summed E-state index contributed by atoms with van der Waals surface area (Å²) in [4.78, 5) is 2.71. The summed E-state index contributed by atoms with van der Waals surface area (Å²) in [5.74, 6) is 0. The molecule has 0 saturated heterocycles. The van der Waals surface area contributed by atoms with Gasteiger partial charge in [-0.15, -0.1) is 0 Å². The number of hydrogen-bond donors (Lipinski definition) is 0.